The highest BCUT2D eigenvalue weighted by atomic mass is 16.5. The third kappa shape index (κ3) is 4.19. The van der Waals surface area contributed by atoms with Crippen LogP contribution >= 0.6 is 0 Å². The highest BCUT2D eigenvalue weighted by Crippen LogP contribution is 2.38. The molecule has 0 aromatic carbocycles. The molecule has 4 aliphatic rings. The van der Waals surface area contributed by atoms with Crippen LogP contribution in [0, 0.1) is 23.7 Å². The van der Waals surface area contributed by atoms with Crippen LogP contribution in [0.15, 0.2) is 0 Å². The van der Waals surface area contributed by atoms with E-state index in [1.807, 2.05) is 11.8 Å². The molecule has 0 radical (unpaired) electrons. The maximum absolute atomic E-state index is 13.5. The lowest BCUT2D eigenvalue weighted by Crippen LogP contribution is -2.75. The Morgan fingerprint density at radius 3 is 2.69 bits per heavy atom. The summed E-state index contributed by atoms with van der Waals surface area (Å²) in [5, 5.41) is 3.77. The molecule has 0 spiro atoms. The lowest BCUT2D eigenvalue weighted by Gasteiger charge is -2.56. The molecule has 164 valence electrons. The van der Waals surface area contributed by atoms with E-state index in [1.165, 1.54) is 32.1 Å². The molecular weight excluding hydrogens is 368 g/mol. The van der Waals surface area contributed by atoms with Crippen molar-refractivity contribution in [3.8, 4) is 0 Å². The topological polar surface area (TPSA) is 87.9 Å². The molecule has 1 saturated carbocycles. The quantitative estimate of drug-likeness (QED) is 0.693. The maximum atomic E-state index is 13.5. The molecule has 3 saturated heterocycles. The Hall–Kier alpha value is -1.18. The van der Waals surface area contributed by atoms with Gasteiger partial charge in [-0.1, -0.05) is 26.2 Å². The third-order valence-corrected chi connectivity index (χ3v) is 7.61. The van der Waals surface area contributed by atoms with Gasteiger partial charge in [-0.25, -0.2) is 0 Å². The second kappa shape index (κ2) is 8.90. The normalized spacial score (nSPS) is 39.0. The molecule has 3 heterocycles. The zero-order chi connectivity index (χ0) is 20.5. The van der Waals surface area contributed by atoms with Crippen LogP contribution in [0.1, 0.15) is 65.2 Å². The van der Waals surface area contributed by atoms with Gasteiger partial charge in [-0.15, -0.1) is 0 Å². The first kappa shape index (κ1) is 21.1. The lowest BCUT2D eigenvalue weighted by atomic mass is 9.79. The van der Waals surface area contributed by atoms with Crippen molar-refractivity contribution < 1.29 is 14.3 Å². The van der Waals surface area contributed by atoms with Crippen LogP contribution in [0.4, 0.5) is 0 Å². The summed E-state index contributed by atoms with van der Waals surface area (Å²) in [4.78, 5) is 30.4. The molecule has 4 rings (SSSR count). The molecule has 0 aromatic heterocycles. The maximum Gasteiger partial charge on any atom is 0.311 e. The number of esters is 1. The zero-order valence-electron chi connectivity index (χ0n) is 18.0. The number of ether oxygens (including phenoxy) is 1. The number of amides is 1. The van der Waals surface area contributed by atoms with Gasteiger partial charge in [-0.05, 0) is 50.9 Å². The van der Waals surface area contributed by atoms with Crippen LogP contribution in [-0.4, -0.2) is 59.9 Å². The zero-order valence-corrected chi connectivity index (χ0v) is 18.0. The van der Waals surface area contributed by atoms with Crippen LogP contribution in [0.2, 0.25) is 0 Å². The van der Waals surface area contributed by atoms with Gasteiger partial charge in [0, 0.05) is 13.1 Å². The Bertz CT molecular complexity index is 609. The molecular formula is C22H38N4O3. The van der Waals surface area contributed by atoms with Gasteiger partial charge in [0.05, 0.1) is 36.9 Å². The van der Waals surface area contributed by atoms with Crippen molar-refractivity contribution >= 4 is 11.9 Å². The first-order chi connectivity index (χ1) is 14.0. The fourth-order valence-electron chi connectivity index (χ4n) is 6.00. The summed E-state index contributed by atoms with van der Waals surface area (Å²) in [6, 6.07) is 0. The fraction of sp³-hybridized carbons (Fsp3) is 0.909. The largest absolute Gasteiger partial charge is 0.466 e. The average molecular weight is 407 g/mol. The Labute approximate surface area is 174 Å². The van der Waals surface area contributed by atoms with Gasteiger partial charge in [0.25, 0.3) is 0 Å². The Morgan fingerprint density at radius 2 is 1.97 bits per heavy atom. The van der Waals surface area contributed by atoms with E-state index in [0.29, 0.717) is 24.9 Å². The van der Waals surface area contributed by atoms with Crippen molar-refractivity contribution in [1.29, 1.82) is 0 Å². The van der Waals surface area contributed by atoms with Crippen molar-refractivity contribution in [3.05, 3.63) is 0 Å². The van der Waals surface area contributed by atoms with Crippen LogP contribution in [0.3, 0.4) is 0 Å². The third-order valence-electron chi connectivity index (χ3n) is 7.61. The molecule has 3 N–H and O–H groups in total. The summed E-state index contributed by atoms with van der Waals surface area (Å²) in [5.41, 5.74) is 6.67. The number of carbonyl (C=O) groups is 2. The van der Waals surface area contributed by atoms with Crippen LogP contribution in [0.25, 0.3) is 0 Å². The summed E-state index contributed by atoms with van der Waals surface area (Å²) >= 11 is 0. The number of rotatable bonds is 4. The van der Waals surface area contributed by atoms with E-state index >= 15 is 0 Å². The minimum Gasteiger partial charge on any atom is -0.466 e. The number of nitrogens with two attached hydrogens (primary N) is 1. The highest BCUT2D eigenvalue weighted by Gasteiger charge is 2.53. The second-order valence-electron chi connectivity index (χ2n) is 9.69. The molecule has 1 amide bonds. The van der Waals surface area contributed by atoms with E-state index < -0.39 is 12.1 Å². The standard InChI is InChI=1S/C22H38N4O3/c1-3-29-22(28)16-11-17-20(24-18-10-9-14(2)12-25(18)21(17)27)26(19(16)23)13-15-7-5-4-6-8-15/h14-20,24H,3-13,23H2,1-2H3. The molecule has 1 aliphatic carbocycles. The summed E-state index contributed by atoms with van der Waals surface area (Å²) in [6.45, 7) is 6.04. The van der Waals surface area contributed by atoms with Crippen molar-refractivity contribution in [3.63, 3.8) is 0 Å². The molecule has 0 aromatic rings. The predicted molar refractivity (Wildman–Crippen MR) is 110 cm³/mol. The van der Waals surface area contributed by atoms with Crippen molar-refractivity contribution in [2.24, 2.45) is 29.4 Å². The van der Waals surface area contributed by atoms with Gasteiger partial charge in [0.1, 0.15) is 0 Å². The molecule has 7 nitrogen and oxygen atoms in total. The Balaban J connectivity index is 1.58. The van der Waals surface area contributed by atoms with Crippen LogP contribution in [0.5, 0.6) is 0 Å². The van der Waals surface area contributed by atoms with Crippen molar-refractivity contribution in [2.45, 2.75) is 83.7 Å². The van der Waals surface area contributed by atoms with Gasteiger partial charge in [0.2, 0.25) is 5.91 Å². The summed E-state index contributed by atoms with van der Waals surface area (Å²) in [6.07, 6.45) is 8.52. The van der Waals surface area contributed by atoms with Gasteiger partial charge < -0.3 is 15.4 Å². The molecule has 29 heavy (non-hydrogen) atoms. The van der Waals surface area contributed by atoms with Gasteiger partial charge in [0.15, 0.2) is 0 Å². The van der Waals surface area contributed by atoms with Crippen molar-refractivity contribution in [2.75, 3.05) is 19.7 Å². The number of carbonyl (C=O) groups excluding carboxylic acids is 2. The van der Waals surface area contributed by atoms with E-state index in [0.717, 1.165) is 25.9 Å². The Kier molecular flexibility index (Phi) is 6.47. The number of piperidine rings is 2. The average Bonchev–Trinajstić information content (AvgIpc) is 2.72. The first-order valence-corrected chi connectivity index (χ1v) is 11.7. The van der Waals surface area contributed by atoms with E-state index in [9.17, 15) is 9.59 Å². The number of nitrogens with zero attached hydrogens (tertiary/aromatic N) is 2. The summed E-state index contributed by atoms with van der Waals surface area (Å²) in [5.74, 6) is 0.393. The lowest BCUT2D eigenvalue weighted by molar-refractivity contribution is -0.171. The van der Waals surface area contributed by atoms with E-state index in [-0.39, 0.29) is 30.1 Å². The number of hydrogen-bond donors (Lipinski definition) is 2. The first-order valence-electron chi connectivity index (χ1n) is 11.7. The van der Waals surface area contributed by atoms with E-state index in [4.69, 9.17) is 10.5 Å². The number of hydrogen-bond acceptors (Lipinski definition) is 6. The second-order valence-corrected chi connectivity index (χ2v) is 9.69. The molecule has 7 heteroatoms. The summed E-state index contributed by atoms with van der Waals surface area (Å²) < 4.78 is 5.34. The van der Waals surface area contributed by atoms with Gasteiger partial charge in [-0.3, -0.25) is 19.8 Å². The smallest absolute Gasteiger partial charge is 0.311 e. The molecule has 6 atom stereocenters. The molecule has 0 bridgehead atoms. The summed E-state index contributed by atoms with van der Waals surface area (Å²) in [7, 11) is 0. The van der Waals surface area contributed by atoms with E-state index in [2.05, 4.69) is 17.1 Å². The van der Waals surface area contributed by atoms with E-state index in [1.54, 1.807) is 0 Å². The SMILES string of the molecule is CCOC(=O)C1CC2C(=O)N3CC(C)CCC3NC2N(CC2CCCCC2)C1N. The number of nitrogens with one attached hydrogen (secondary N) is 1. The minimum atomic E-state index is -0.440. The minimum absolute atomic E-state index is 0.0697. The molecule has 6 unspecified atom stereocenters. The number of likely N-dealkylation sites (tertiary alicyclic amines) is 1. The highest BCUT2D eigenvalue weighted by molar-refractivity contribution is 5.82. The van der Waals surface area contributed by atoms with Crippen LogP contribution in [-0.2, 0) is 14.3 Å². The van der Waals surface area contributed by atoms with Gasteiger partial charge in [-0.2, -0.15) is 0 Å². The predicted octanol–water partition coefficient (Wildman–Crippen LogP) is 1.87. The Morgan fingerprint density at radius 1 is 1.21 bits per heavy atom. The molecule has 3 aliphatic heterocycles. The fourth-order valence-corrected chi connectivity index (χ4v) is 6.00. The van der Waals surface area contributed by atoms with Crippen LogP contribution < -0.4 is 11.1 Å². The monoisotopic (exact) mass is 406 g/mol. The molecule has 4 fully saturated rings. The van der Waals surface area contributed by atoms with Crippen molar-refractivity contribution in [1.82, 2.24) is 15.1 Å². The van der Waals surface area contributed by atoms with Gasteiger partial charge >= 0.3 is 5.97 Å². The number of fused-ring (bicyclic) bond motifs is 2.